The van der Waals surface area contributed by atoms with Gasteiger partial charge in [-0.15, -0.1) is 22.7 Å². The first-order chi connectivity index (χ1) is 14.8. The van der Waals surface area contributed by atoms with Gasteiger partial charge in [-0.25, -0.2) is 9.97 Å². The number of non-ortho nitro benzene ring substituents is 1. The van der Waals surface area contributed by atoms with E-state index in [0.717, 1.165) is 26.5 Å². The second-order valence-corrected chi connectivity index (χ2v) is 8.84. The molecule has 0 aliphatic carbocycles. The van der Waals surface area contributed by atoms with Crippen molar-refractivity contribution in [3.8, 4) is 0 Å². The zero-order chi connectivity index (χ0) is 22.1. The fourth-order valence-electron chi connectivity index (χ4n) is 3.28. The van der Waals surface area contributed by atoms with Crippen molar-refractivity contribution in [1.29, 1.82) is 0 Å². The number of para-hydroxylation sites is 1. The van der Waals surface area contributed by atoms with Crippen molar-refractivity contribution >= 4 is 67.5 Å². The van der Waals surface area contributed by atoms with Crippen LogP contribution in [-0.4, -0.2) is 20.8 Å². The molecule has 7 nitrogen and oxygen atoms in total. The molecule has 0 aliphatic heterocycles. The molecule has 4 aromatic rings. The van der Waals surface area contributed by atoms with Gasteiger partial charge < -0.3 is 0 Å². The number of aryl methyl sites for hydroxylation is 2. The fraction of sp³-hybridized carbons (Fsp3) is 0.136. The largest absolute Gasteiger partial charge is 0.274 e. The Kier molecular flexibility index (Phi) is 5.62. The van der Waals surface area contributed by atoms with Gasteiger partial charge in [0.05, 0.1) is 26.5 Å². The number of amides is 1. The lowest BCUT2D eigenvalue weighted by molar-refractivity contribution is -0.384. The normalized spacial score (nSPS) is 11.3. The second-order valence-electron chi connectivity index (χ2n) is 6.94. The minimum Gasteiger partial charge on any atom is -0.274 e. The van der Waals surface area contributed by atoms with Crippen LogP contribution in [0.25, 0.3) is 22.4 Å². The van der Waals surface area contributed by atoms with E-state index in [-0.39, 0.29) is 11.6 Å². The minimum absolute atomic E-state index is 0.0216. The lowest BCUT2D eigenvalue weighted by Gasteiger charge is -2.22. The Morgan fingerprint density at radius 2 is 1.87 bits per heavy atom. The number of carbonyl (C=O) groups excluding carboxylic acids is 1. The molecule has 0 atom stereocenters. The molecule has 0 N–H and O–H groups in total. The Morgan fingerprint density at radius 3 is 2.55 bits per heavy atom. The number of benzene rings is 2. The highest BCUT2D eigenvalue weighted by molar-refractivity contribution is 7.19. The van der Waals surface area contributed by atoms with Crippen molar-refractivity contribution in [1.82, 2.24) is 9.97 Å². The number of hydrogen-bond donors (Lipinski definition) is 0. The topological polar surface area (TPSA) is 89.2 Å². The zero-order valence-corrected chi connectivity index (χ0v) is 18.7. The maximum atomic E-state index is 12.4. The highest BCUT2D eigenvalue weighted by Gasteiger charge is 2.21. The van der Waals surface area contributed by atoms with Crippen LogP contribution in [0.2, 0.25) is 0 Å². The van der Waals surface area contributed by atoms with Gasteiger partial charge in [0.15, 0.2) is 5.13 Å². The maximum absolute atomic E-state index is 12.4. The second kappa shape index (κ2) is 8.37. The van der Waals surface area contributed by atoms with Gasteiger partial charge in [-0.2, -0.15) is 0 Å². The van der Waals surface area contributed by atoms with Crippen LogP contribution < -0.4 is 4.90 Å². The zero-order valence-electron chi connectivity index (χ0n) is 17.0. The average molecular weight is 451 g/mol. The monoisotopic (exact) mass is 450 g/mol. The van der Waals surface area contributed by atoms with Crippen LogP contribution in [0.5, 0.6) is 0 Å². The van der Waals surface area contributed by atoms with E-state index in [0.29, 0.717) is 16.3 Å². The molecular formula is C22H18N4O3S2. The van der Waals surface area contributed by atoms with Crippen LogP contribution in [0.15, 0.2) is 41.8 Å². The maximum Gasteiger partial charge on any atom is 0.271 e. The summed E-state index contributed by atoms with van der Waals surface area (Å²) in [6, 6.07) is 10.6. The first kappa shape index (κ1) is 20.8. The summed E-state index contributed by atoms with van der Waals surface area (Å²) < 4.78 is 0.877. The number of nitro benzene ring substituents is 1. The van der Waals surface area contributed by atoms with Crippen molar-refractivity contribution < 1.29 is 9.72 Å². The van der Waals surface area contributed by atoms with Gasteiger partial charge in [-0.05, 0) is 43.2 Å². The number of thiazole rings is 2. The SMILES string of the molecule is CC(=O)N(c1nc(/C=C/c2nc3cc([N+](=O)[O-])ccc3s2)cs1)c1c(C)cccc1C. The van der Waals surface area contributed by atoms with Crippen LogP contribution in [0, 0.1) is 24.0 Å². The van der Waals surface area contributed by atoms with Gasteiger partial charge in [-0.3, -0.25) is 19.8 Å². The van der Waals surface area contributed by atoms with E-state index >= 15 is 0 Å². The van der Waals surface area contributed by atoms with Crippen LogP contribution in [0.1, 0.15) is 28.8 Å². The van der Waals surface area contributed by atoms with Gasteiger partial charge in [-0.1, -0.05) is 18.2 Å². The highest BCUT2D eigenvalue weighted by atomic mass is 32.1. The van der Waals surface area contributed by atoms with E-state index in [1.165, 1.54) is 41.7 Å². The molecule has 0 radical (unpaired) electrons. The molecule has 31 heavy (non-hydrogen) atoms. The van der Waals surface area contributed by atoms with E-state index in [9.17, 15) is 14.9 Å². The predicted octanol–water partition coefficient (Wildman–Crippen LogP) is 6.13. The molecule has 2 aromatic heterocycles. The summed E-state index contributed by atoms with van der Waals surface area (Å²) >= 11 is 2.84. The van der Waals surface area contributed by atoms with Gasteiger partial charge in [0.25, 0.3) is 5.69 Å². The van der Waals surface area contributed by atoms with Crippen molar-refractivity contribution in [2.45, 2.75) is 20.8 Å². The summed E-state index contributed by atoms with van der Waals surface area (Å²) in [5.41, 5.74) is 4.19. The number of aromatic nitrogens is 2. The van der Waals surface area contributed by atoms with Crippen LogP contribution >= 0.6 is 22.7 Å². The van der Waals surface area contributed by atoms with Crippen LogP contribution in [-0.2, 0) is 4.79 Å². The molecule has 1 amide bonds. The molecule has 0 spiro atoms. The molecule has 0 saturated heterocycles. The lowest BCUT2D eigenvalue weighted by atomic mass is 10.1. The number of anilines is 2. The Labute approximate surface area is 186 Å². The van der Waals surface area contributed by atoms with E-state index in [4.69, 9.17) is 0 Å². The molecule has 4 rings (SSSR count). The summed E-state index contributed by atoms with van der Waals surface area (Å²) in [6.45, 7) is 5.48. The molecular weight excluding hydrogens is 432 g/mol. The Bertz CT molecular complexity index is 1320. The van der Waals surface area contributed by atoms with E-state index in [1.807, 2.05) is 49.6 Å². The Morgan fingerprint density at radius 1 is 1.13 bits per heavy atom. The number of nitrogens with zero attached hydrogens (tertiary/aromatic N) is 4. The van der Waals surface area contributed by atoms with Gasteiger partial charge in [0.2, 0.25) is 5.91 Å². The summed E-state index contributed by atoms with van der Waals surface area (Å²) in [5, 5.41) is 14.2. The molecule has 0 fully saturated rings. The predicted molar refractivity (Wildman–Crippen MR) is 126 cm³/mol. The van der Waals surface area contributed by atoms with Crippen LogP contribution in [0.4, 0.5) is 16.5 Å². The third kappa shape index (κ3) is 4.23. The molecule has 156 valence electrons. The molecule has 0 aliphatic rings. The number of rotatable bonds is 5. The lowest BCUT2D eigenvalue weighted by Crippen LogP contribution is -2.24. The Balaban J connectivity index is 1.62. The van der Waals surface area contributed by atoms with Crippen molar-refractivity contribution in [3.63, 3.8) is 0 Å². The first-order valence-electron chi connectivity index (χ1n) is 9.39. The molecule has 9 heteroatoms. The molecule has 0 unspecified atom stereocenters. The summed E-state index contributed by atoms with van der Waals surface area (Å²) in [4.78, 5) is 33.7. The van der Waals surface area contributed by atoms with E-state index < -0.39 is 4.92 Å². The van der Waals surface area contributed by atoms with Gasteiger partial charge >= 0.3 is 0 Å². The fourth-order valence-corrected chi connectivity index (χ4v) is 4.97. The van der Waals surface area contributed by atoms with Crippen molar-refractivity contribution in [2.24, 2.45) is 0 Å². The third-order valence-corrected chi connectivity index (χ3v) is 6.52. The Hall–Kier alpha value is -3.43. The molecule has 2 aromatic carbocycles. The van der Waals surface area contributed by atoms with E-state index in [1.54, 1.807) is 11.0 Å². The third-order valence-electron chi connectivity index (χ3n) is 4.67. The van der Waals surface area contributed by atoms with Crippen LogP contribution in [0.3, 0.4) is 0 Å². The minimum atomic E-state index is -0.429. The highest BCUT2D eigenvalue weighted by Crippen LogP contribution is 2.34. The number of fused-ring (bicyclic) bond motifs is 1. The molecule has 2 heterocycles. The molecule has 0 saturated carbocycles. The number of hydrogen-bond acceptors (Lipinski definition) is 7. The standard InChI is InChI=1S/C22H18N4O3S2/c1-13-5-4-6-14(2)21(13)25(15(3)27)22-23-16(12-30-22)7-10-20-24-18-11-17(26(28)29)8-9-19(18)31-20/h4-12H,1-3H3/b10-7+. The number of nitro groups is 1. The quantitative estimate of drug-likeness (QED) is 0.269. The smallest absolute Gasteiger partial charge is 0.271 e. The van der Waals surface area contributed by atoms with Gasteiger partial charge in [0, 0.05) is 24.4 Å². The summed E-state index contributed by atoms with van der Waals surface area (Å²) in [7, 11) is 0. The first-order valence-corrected chi connectivity index (χ1v) is 11.1. The van der Waals surface area contributed by atoms with Gasteiger partial charge in [0.1, 0.15) is 5.01 Å². The van der Waals surface area contributed by atoms with Crippen molar-refractivity contribution in [3.05, 3.63) is 73.7 Å². The van der Waals surface area contributed by atoms with E-state index in [2.05, 4.69) is 9.97 Å². The average Bonchev–Trinajstić information content (AvgIpc) is 3.34. The summed E-state index contributed by atoms with van der Waals surface area (Å²) in [5.74, 6) is -0.102. The molecule has 0 bridgehead atoms. The van der Waals surface area contributed by atoms with Crippen molar-refractivity contribution in [2.75, 3.05) is 4.90 Å². The summed E-state index contributed by atoms with van der Waals surface area (Å²) in [6.07, 6.45) is 3.65. The number of carbonyl (C=O) groups is 1.